The van der Waals surface area contributed by atoms with Gasteiger partial charge in [-0.1, -0.05) is 18.2 Å². The summed E-state index contributed by atoms with van der Waals surface area (Å²) in [6.07, 6.45) is 1.85. The van der Waals surface area contributed by atoms with Crippen LogP contribution in [0.5, 0.6) is 0 Å². The van der Waals surface area contributed by atoms with Crippen LogP contribution in [0.2, 0.25) is 0 Å². The van der Waals surface area contributed by atoms with E-state index in [0.717, 1.165) is 22.1 Å². The van der Waals surface area contributed by atoms with Crippen molar-refractivity contribution in [3.63, 3.8) is 0 Å². The molecule has 2 heterocycles. The molecule has 3 nitrogen and oxygen atoms in total. The molecule has 0 amide bonds. The Morgan fingerprint density at radius 1 is 1.19 bits per heavy atom. The summed E-state index contributed by atoms with van der Waals surface area (Å²) in [5, 5.41) is 2.30. The second-order valence-electron chi connectivity index (χ2n) is 4.22. The van der Waals surface area contributed by atoms with Gasteiger partial charge in [-0.3, -0.25) is 0 Å². The van der Waals surface area contributed by atoms with E-state index >= 15 is 0 Å². The van der Waals surface area contributed by atoms with Crippen LogP contribution in [-0.4, -0.2) is 9.66 Å². The summed E-state index contributed by atoms with van der Waals surface area (Å²) < 4.78 is 1.68. The van der Waals surface area contributed by atoms with Crippen molar-refractivity contribution in [2.24, 2.45) is 0 Å². The Kier molecular flexibility index (Phi) is 1.72. The monoisotopic (exact) mass is 211 g/mol. The van der Waals surface area contributed by atoms with Gasteiger partial charge < -0.3 is 5.84 Å². The van der Waals surface area contributed by atoms with E-state index in [1.807, 2.05) is 13.1 Å². The summed E-state index contributed by atoms with van der Waals surface area (Å²) in [7, 11) is 0. The fourth-order valence-electron chi connectivity index (χ4n) is 2.25. The molecule has 0 saturated carbocycles. The lowest BCUT2D eigenvalue weighted by Gasteiger charge is -1.99. The molecule has 0 radical (unpaired) electrons. The highest BCUT2D eigenvalue weighted by Gasteiger charge is 2.11. The molecular weight excluding hydrogens is 198 g/mol. The van der Waals surface area contributed by atoms with Crippen molar-refractivity contribution in [2.45, 2.75) is 13.8 Å². The number of aryl methyl sites for hydroxylation is 2. The third-order valence-corrected chi connectivity index (χ3v) is 3.00. The first kappa shape index (κ1) is 9.21. The quantitative estimate of drug-likeness (QED) is 0.581. The molecule has 0 aliphatic carbocycles. The second-order valence-corrected chi connectivity index (χ2v) is 4.22. The van der Waals surface area contributed by atoms with Crippen molar-refractivity contribution in [1.82, 2.24) is 9.66 Å². The molecule has 1 aromatic carbocycles. The predicted octanol–water partition coefficient (Wildman–Crippen LogP) is 2.52. The second kappa shape index (κ2) is 2.98. The maximum absolute atomic E-state index is 6.08. The van der Waals surface area contributed by atoms with Crippen LogP contribution >= 0.6 is 0 Å². The minimum Gasteiger partial charge on any atom is -0.337 e. The number of para-hydroxylation sites is 1. The van der Waals surface area contributed by atoms with E-state index < -0.39 is 0 Å². The Labute approximate surface area is 93.5 Å². The Balaban J connectivity index is 2.65. The molecule has 3 heteroatoms. The van der Waals surface area contributed by atoms with Crippen molar-refractivity contribution in [3.8, 4) is 0 Å². The zero-order valence-corrected chi connectivity index (χ0v) is 9.36. The van der Waals surface area contributed by atoms with Crippen LogP contribution < -0.4 is 5.84 Å². The molecular formula is C13H13N3. The number of fused-ring (bicyclic) bond motifs is 3. The smallest absolute Gasteiger partial charge is 0.159 e. The number of pyridine rings is 1. The molecule has 0 fully saturated rings. The first-order chi connectivity index (χ1) is 7.68. The van der Waals surface area contributed by atoms with E-state index in [9.17, 15) is 0 Å². The molecule has 3 aromatic rings. The number of aromatic nitrogens is 2. The van der Waals surface area contributed by atoms with Crippen LogP contribution in [0.1, 0.15) is 11.1 Å². The summed E-state index contributed by atoms with van der Waals surface area (Å²) in [5.41, 5.74) is 4.24. The molecule has 0 spiro atoms. The van der Waals surface area contributed by atoms with Crippen LogP contribution in [-0.2, 0) is 0 Å². The van der Waals surface area contributed by atoms with E-state index in [1.54, 1.807) is 4.68 Å². The van der Waals surface area contributed by atoms with Gasteiger partial charge in [0.25, 0.3) is 0 Å². The van der Waals surface area contributed by atoms with E-state index in [-0.39, 0.29) is 0 Å². The summed E-state index contributed by atoms with van der Waals surface area (Å²) in [6.45, 7) is 4.11. The zero-order chi connectivity index (χ0) is 11.3. The van der Waals surface area contributed by atoms with E-state index in [2.05, 4.69) is 36.2 Å². The summed E-state index contributed by atoms with van der Waals surface area (Å²) in [6, 6.07) is 8.35. The van der Waals surface area contributed by atoms with Crippen molar-refractivity contribution >= 4 is 21.9 Å². The number of hydrogen-bond acceptors (Lipinski definition) is 2. The lowest BCUT2D eigenvalue weighted by molar-refractivity contribution is 1.07. The van der Waals surface area contributed by atoms with Crippen LogP contribution in [0.25, 0.3) is 21.9 Å². The van der Waals surface area contributed by atoms with Gasteiger partial charge >= 0.3 is 0 Å². The molecule has 2 N–H and O–H groups in total. The van der Waals surface area contributed by atoms with Crippen molar-refractivity contribution in [2.75, 3.05) is 5.84 Å². The highest BCUT2D eigenvalue weighted by Crippen LogP contribution is 2.28. The maximum Gasteiger partial charge on any atom is 0.159 e. The van der Waals surface area contributed by atoms with Gasteiger partial charge in [0.2, 0.25) is 0 Å². The van der Waals surface area contributed by atoms with Crippen LogP contribution in [0.15, 0.2) is 30.5 Å². The van der Waals surface area contributed by atoms with Gasteiger partial charge in [0.05, 0.1) is 5.52 Å². The van der Waals surface area contributed by atoms with Gasteiger partial charge in [0, 0.05) is 17.0 Å². The van der Waals surface area contributed by atoms with E-state index in [0.29, 0.717) is 0 Å². The first-order valence-corrected chi connectivity index (χ1v) is 5.30. The van der Waals surface area contributed by atoms with E-state index in [1.165, 1.54) is 10.9 Å². The molecule has 0 aliphatic rings. The van der Waals surface area contributed by atoms with E-state index in [4.69, 9.17) is 5.84 Å². The van der Waals surface area contributed by atoms with Gasteiger partial charge in [-0.25, -0.2) is 9.66 Å². The number of hydrogen-bond donors (Lipinski definition) is 1. The molecule has 0 bridgehead atoms. The number of nitrogen functional groups attached to an aromatic ring is 1. The topological polar surface area (TPSA) is 43.8 Å². The normalized spacial score (nSPS) is 11.4. The van der Waals surface area contributed by atoms with Crippen molar-refractivity contribution < 1.29 is 0 Å². The molecule has 0 atom stereocenters. The fourth-order valence-corrected chi connectivity index (χ4v) is 2.25. The standard InChI is InChI=1S/C13H13N3/c1-8-6-11-10-5-3-4-9(2)12(10)16(14)13(11)15-7-8/h3-7H,14H2,1-2H3. The molecule has 0 saturated heterocycles. The summed E-state index contributed by atoms with van der Waals surface area (Å²) in [5.74, 6) is 6.08. The third-order valence-electron chi connectivity index (χ3n) is 3.00. The van der Waals surface area contributed by atoms with Gasteiger partial charge in [-0.15, -0.1) is 0 Å². The van der Waals surface area contributed by atoms with Gasteiger partial charge in [-0.2, -0.15) is 0 Å². The van der Waals surface area contributed by atoms with Crippen molar-refractivity contribution in [1.29, 1.82) is 0 Å². The minimum absolute atomic E-state index is 0.843. The SMILES string of the molecule is Cc1cnc2c(c1)c1cccc(C)c1n2N. The largest absolute Gasteiger partial charge is 0.337 e. The first-order valence-electron chi connectivity index (χ1n) is 5.30. The Bertz CT molecular complexity index is 695. The molecule has 0 aliphatic heterocycles. The Morgan fingerprint density at radius 2 is 2.00 bits per heavy atom. The molecule has 2 aromatic heterocycles. The Hall–Kier alpha value is -2.03. The van der Waals surface area contributed by atoms with Gasteiger partial charge in [-0.05, 0) is 31.0 Å². The lowest BCUT2D eigenvalue weighted by atomic mass is 10.1. The van der Waals surface area contributed by atoms with Gasteiger partial charge in [0.1, 0.15) is 0 Å². The molecule has 0 unspecified atom stereocenters. The fraction of sp³-hybridized carbons (Fsp3) is 0.154. The highest BCUT2D eigenvalue weighted by atomic mass is 15.3. The lowest BCUT2D eigenvalue weighted by Crippen LogP contribution is -2.08. The van der Waals surface area contributed by atoms with Crippen LogP contribution in [0.4, 0.5) is 0 Å². The summed E-state index contributed by atoms with van der Waals surface area (Å²) >= 11 is 0. The number of rotatable bonds is 0. The van der Waals surface area contributed by atoms with Crippen LogP contribution in [0, 0.1) is 13.8 Å². The number of nitrogens with zero attached hydrogens (tertiary/aromatic N) is 2. The highest BCUT2D eigenvalue weighted by molar-refractivity contribution is 6.07. The predicted molar refractivity (Wildman–Crippen MR) is 66.9 cm³/mol. The number of nitrogens with two attached hydrogens (primary N) is 1. The van der Waals surface area contributed by atoms with Gasteiger partial charge in [0.15, 0.2) is 5.65 Å². The minimum atomic E-state index is 0.843. The molecule has 3 rings (SSSR count). The average Bonchev–Trinajstić information content (AvgIpc) is 2.54. The van der Waals surface area contributed by atoms with Crippen LogP contribution in [0.3, 0.4) is 0 Å². The number of benzene rings is 1. The maximum atomic E-state index is 6.08. The molecule has 16 heavy (non-hydrogen) atoms. The van der Waals surface area contributed by atoms with Crippen molar-refractivity contribution in [3.05, 3.63) is 41.6 Å². The summed E-state index contributed by atoms with van der Waals surface area (Å²) in [4.78, 5) is 4.40. The average molecular weight is 211 g/mol. The zero-order valence-electron chi connectivity index (χ0n) is 9.36. The molecule has 80 valence electrons. The third kappa shape index (κ3) is 1.05. The Morgan fingerprint density at radius 3 is 2.81 bits per heavy atom.